The van der Waals surface area contributed by atoms with Gasteiger partial charge in [0.15, 0.2) is 5.96 Å². The molecule has 71 heavy (non-hydrogen) atoms. The summed E-state index contributed by atoms with van der Waals surface area (Å²) in [7, 11) is 0. The number of aliphatic imine (C=N–C) groups is 1. The molecule has 1 fully saturated rings. The summed E-state index contributed by atoms with van der Waals surface area (Å²) in [5.74, 6) is -5.90. The van der Waals surface area contributed by atoms with Gasteiger partial charge in [0, 0.05) is 32.9 Å². The number of primary amides is 1. The zero-order valence-corrected chi connectivity index (χ0v) is 40.6. The summed E-state index contributed by atoms with van der Waals surface area (Å²) in [6, 6.07) is 17.9. The minimum atomic E-state index is -1.57. The average molecular weight is 978 g/mol. The summed E-state index contributed by atoms with van der Waals surface area (Å²) in [4.78, 5) is 114. The lowest BCUT2D eigenvalue weighted by atomic mass is 9.98. The molecule has 380 valence electrons. The number of aliphatic hydroxyl groups is 1. The van der Waals surface area contributed by atoms with Gasteiger partial charge in [0.05, 0.1) is 6.61 Å². The minimum absolute atomic E-state index is 0.0478. The minimum Gasteiger partial charge on any atom is -0.394 e. The zero-order valence-electron chi connectivity index (χ0n) is 40.6. The van der Waals surface area contributed by atoms with E-state index < -0.39 is 96.2 Å². The van der Waals surface area contributed by atoms with Gasteiger partial charge >= 0.3 is 0 Å². The Kier molecular flexibility index (Phi) is 19.8. The van der Waals surface area contributed by atoms with Gasteiger partial charge in [-0.15, -0.1) is 0 Å². The van der Waals surface area contributed by atoms with E-state index in [1.807, 2.05) is 92.7 Å². The normalized spacial score (nSPS) is 15.9. The molecule has 5 rings (SSSR count). The Bertz CT molecular complexity index is 2600. The largest absolute Gasteiger partial charge is 0.394 e. The zero-order chi connectivity index (χ0) is 51.8. The Morgan fingerprint density at radius 2 is 1.14 bits per heavy atom. The number of nitrogens with two attached hydrogens (primary N) is 3. The fourth-order valence-electron chi connectivity index (χ4n) is 8.50. The monoisotopic (exact) mass is 978 g/mol. The van der Waals surface area contributed by atoms with Crippen LogP contribution in [0.5, 0.6) is 0 Å². The Morgan fingerprint density at radius 3 is 1.66 bits per heavy atom. The van der Waals surface area contributed by atoms with Gasteiger partial charge in [-0.2, -0.15) is 0 Å². The Balaban J connectivity index is 1.38. The molecule has 0 unspecified atom stereocenters. The van der Waals surface area contributed by atoms with Crippen molar-refractivity contribution in [2.24, 2.45) is 28.1 Å². The van der Waals surface area contributed by atoms with E-state index in [0.717, 1.165) is 27.1 Å². The van der Waals surface area contributed by atoms with Gasteiger partial charge in [0.1, 0.15) is 42.3 Å². The number of hydrogen-bond acceptors (Lipinski definition) is 10. The number of benzene rings is 4. The highest BCUT2D eigenvalue weighted by atomic mass is 16.3. The molecule has 7 atom stereocenters. The lowest BCUT2D eigenvalue weighted by Gasteiger charge is -2.31. The number of guanidine groups is 1. The van der Waals surface area contributed by atoms with Gasteiger partial charge in [0.2, 0.25) is 47.3 Å². The van der Waals surface area contributed by atoms with Crippen LogP contribution in [0.2, 0.25) is 0 Å². The van der Waals surface area contributed by atoms with Gasteiger partial charge in [-0.05, 0) is 77.6 Å². The Morgan fingerprint density at radius 1 is 0.648 bits per heavy atom. The van der Waals surface area contributed by atoms with Crippen LogP contribution in [0.25, 0.3) is 21.5 Å². The van der Waals surface area contributed by atoms with E-state index >= 15 is 0 Å². The van der Waals surface area contributed by atoms with Gasteiger partial charge in [0.25, 0.3) is 0 Å². The number of rotatable bonds is 24. The predicted octanol–water partition coefficient (Wildman–Crippen LogP) is 0.295. The van der Waals surface area contributed by atoms with Crippen molar-refractivity contribution in [1.29, 1.82) is 0 Å². The van der Waals surface area contributed by atoms with Crippen LogP contribution >= 0.6 is 0 Å². The third-order valence-electron chi connectivity index (χ3n) is 12.2. The van der Waals surface area contributed by atoms with Crippen LogP contribution in [-0.4, -0.2) is 125 Å². The van der Waals surface area contributed by atoms with E-state index in [9.17, 15) is 43.5 Å². The third-order valence-corrected chi connectivity index (χ3v) is 12.2. The fraction of sp³-hybridized carbons (Fsp3) is 0.431. The molecule has 0 radical (unpaired) electrons. The molecule has 0 spiro atoms. The van der Waals surface area contributed by atoms with E-state index in [2.05, 4.69) is 36.9 Å². The number of likely N-dealkylation sites (tertiary alicyclic amines) is 1. The van der Waals surface area contributed by atoms with Crippen molar-refractivity contribution in [3.63, 3.8) is 0 Å². The summed E-state index contributed by atoms with van der Waals surface area (Å²) in [5.41, 5.74) is 17.8. The number of carbonyl (C=O) groups is 8. The summed E-state index contributed by atoms with van der Waals surface area (Å²) in [6.07, 6.45) is 1.15. The molecule has 0 aliphatic carbocycles. The first-order valence-electron chi connectivity index (χ1n) is 23.8. The second-order valence-corrected chi connectivity index (χ2v) is 18.4. The van der Waals surface area contributed by atoms with Crippen LogP contribution in [0.3, 0.4) is 0 Å². The lowest BCUT2D eigenvalue weighted by Crippen LogP contribution is -2.60. The first-order valence-corrected chi connectivity index (χ1v) is 23.8. The highest BCUT2D eigenvalue weighted by Crippen LogP contribution is 2.22. The average Bonchev–Trinajstić information content (AvgIpc) is 3.83. The van der Waals surface area contributed by atoms with Crippen molar-refractivity contribution in [3.8, 4) is 0 Å². The molecular weight excluding hydrogens is 911 g/mol. The van der Waals surface area contributed by atoms with E-state index in [1.165, 1.54) is 18.7 Å². The van der Waals surface area contributed by atoms with Crippen LogP contribution in [0.4, 0.5) is 0 Å². The van der Waals surface area contributed by atoms with Crippen LogP contribution < -0.4 is 49.1 Å². The molecule has 4 aromatic carbocycles. The molecule has 0 saturated carbocycles. The van der Waals surface area contributed by atoms with E-state index in [1.54, 1.807) is 6.07 Å². The highest BCUT2D eigenvalue weighted by molar-refractivity contribution is 5.98. The molecule has 20 heteroatoms. The van der Waals surface area contributed by atoms with Gasteiger partial charge in [-0.25, -0.2) is 0 Å². The van der Waals surface area contributed by atoms with E-state index in [4.69, 9.17) is 17.2 Å². The molecule has 1 saturated heterocycles. The first-order chi connectivity index (χ1) is 33.8. The van der Waals surface area contributed by atoms with E-state index in [-0.39, 0.29) is 57.1 Å². The molecule has 8 amide bonds. The number of fused-ring (bicyclic) bond motifs is 2. The highest BCUT2D eigenvalue weighted by Gasteiger charge is 2.39. The standard InChI is InChI=1S/C51H67N11O9/c1-29(2)23-39(45(66)58-38(15-9-21-55-51(53)54)50(71)62-22-10-16-43(62)49(70)56-30(3)44(52)65)59-47(68)41(27-33-18-20-35-12-6-8-14-37(35)25-33)60-48(69)42(28-63)61-46(67)40(57-31(4)64)26-32-17-19-34-11-5-7-13-36(34)24-32/h5-8,11-14,17-20,24-25,29-30,38-43,63H,9-10,15-16,21-23,26-28H2,1-4H3,(H2,52,65)(H,56,70)(H,57,64)(H,58,66)(H,59,68)(H,60,69)(H,61,67)(H4,53,54,55)/t30-,38-,39-,40-,41-,42-,43-/m0/s1. The fourth-order valence-corrected chi connectivity index (χ4v) is 8.50. The number of nitrogens with one attached hydrogen (secondary N) is 6. The topological polar surface area (TPSA) is 323 Å². The van der Waals surface area contributed by atoms with Gasteiger partial charge < -0.3 is 59.1 Å². The second-order valence-electron chi connectivity index (χ2n) is 18.4. The molecule has 13 N–H and O–H groups in total. The molecule has 1 heterocycles. The van der Waals surface area contributed by atoms with Crippen molar-refractivity contribution in [2.75, 3.05) is 19.7 Å². The number of aliphatic hydroxyl groups excluding tert-OH is 1. The van der Waals surface area contributed by atoms with Crippen LogP contribution in [-0.2, 0) is 51.2 Å². The number of amides is 8. The van der Waals surface area contributed by atoms with Crippen LogP contribution in [0.1, 0.15) is 70.9 Å². The second kappa shape index (κ2) is 25.8. The van der Waals surface area contributed by atoms with Crippen molar-refractivity contribution >= 4 is 74.8 Å². The molecule has 0 bridgehead atoms. The summed E-state index contributed by atoms with van der Waals surface area (Å²) >= 11 is 0. The third kappa shape index (κ3) is 16.0. The number of nitrogens with zero attached hydrogens (tertiary/aromatic N) is 2. The molecule has 1 aliphatic rings. The summed E-state index contributed by atoms with van der Waals surface area (Å²) in [5, 5.41) is 30.2. The Hall–Kier alpha value is -7.61. The smallest absolute Gasteiger partial charge is 0.245 e. The maximum atomic E-state index is 14.6. The molecule has 20 nitrogen and oxygen atoms in total. The first kappa shape index (κ1) is 54.3. The molecule has 4 aromatic rings. The van der Waals surface area contributed by atoms with Crippen LogP contribution in [0.15, 0.2) is 89.9 Å². The maximum Gasteiger partial charge on any atom is 0.245 e. The lowest BCUT2D eigenvalue weighted by molar-refractivity contribution is -0.142. The number of carbonyl (C=O) groups excluding carboxylic acids is 8. The number of hydrogen-bond donors (Lipinski definition) is 10. The van der Waals surface area contributed by atoms with Crippen molar-refractivity contribution in [1.82, 2.24) is 36.8 Å². The maximum absolute atomic E-state index is 14.6. The van der Waals surface area contributed by atoms with Gasteiger partial charge in [-0.1, -0.05) is 98.8 Å². The van der Waals surface area contributed by atoms with E-state index in [0.29, 0.717) is 18.4 Å². The summed E-state index contributed by atoms with van der Waals surface area (Å²) in [6.45, 7) is 5.80. The SMILES string of the molecule is CC(=O)N[C@@H](Cc1ccc2ccccc2c1)C(=O)N[C@@H](CO)C(=O)N[C@@H](Cc1ccc2ccccc2c1)C(=O)N[C@@H](CC(C)C)C(=O)N[C@@H](CCCN=C(N)N)C(=O)N1CCC[C@H]1C(=O)N[C@@H](C)C(N)=O. The van der Waals surface area contributed by atoms with Crippen molar-refractivity contribution in [3.05, 3.63) is 96.1 Å². The summed E-state index contributed by atoms with van der Waals surface area (Å²) < 4.78 is 0. The molecular formula is C51H67N11O9. The van der Waals surface area contributed by atoms with Gasteiger partial charge in [-0.3, -0.25) is 43.3 Å². The molecule has 0 aromatic heterocycles. The predicted molar refractivity (Wildman–Crippen MR) is 269 cm³/mol. The van der Waals surface area contributed by atoms with Crippen molar-refractivity contribution < 1.29 is 43.5 Å². The van der Waals surface area contributed by atoms with Crippen molar-refractivity contribution in [2.45, 2.75) is 115 Å². The quantitative estimate of drug-likeness (QED) is 0.0259. The Labute approximate surface area is 412 Å². The van der Waals surface area contributed by atoms with Crippen LogP contribution in [0, 0.1) is 5.92 Å². The molecule has 1 aliphatic heterocycles.